The maximum absolute atomic E-state index is 14.1. The number of halogens is 1. The molecule has 0 saturated carbocycles. The van der Waals surface area contributed by atoms with E-state index in [9.17, 15) is 4.39 Å². The number of nitrogens with two attached hydrogens (primary N) is 1. The quantitative estimate of drug-likeness (QED) is 0.856. The van der Waals surface area contributed by atoms with E-state index in [0.717, 1.165) is 22.7 Å². The van der Waals surface area contributed by atoms with Gasteiger partial charge in [0.1, 0.15) is 5.82 Å². The van der Waals surface area contributed by atoms with Gasteiger partial charge in [-0.2, -0.15) is 0 Å². The number of rotatable bonds is 5. The molecule has 0 aliphatic carbocycles. The lowest BCUT2D eigenvalue weighted by atomic mass is 10.0. The molecule has 21 heavy (non-hydrogen) atoms. The summed E-state index contributed by atoms with van der Waals surface area (Å²) >= 11 is 1.39. The maximum Gasteiger partial charge on any atom is 0.192 e. The van der Waals surface area contributed by atoms with E-state index in [4.69, 9.17) is 5.73 Å². The first-order chi connectivity index (χ1) is 9.99. The molecule has 0 bridgehead atoms. The summed E-state index contributed by atoms with van der Waals surface area (Å²) in [5, 5.41) is 0.643. The smallest absolute Gasteiger partial charge is 0.192 e. The van der Waals surface area contributed by atoms with Crippen LogP contribution in [0.3, 0.4) is 0 Å². The van der Waals surface area contributed by atoms with Crippen LogP contribution in [0, 0.1) is 19.7 Å². The lowest BCUT2D eigenvalue weighted by molar-refractivity contribution is 0.571. The number of hydrogen-bond acceptors (Lipinski definition) is 4. The molecule has 112 valence electrons. The predicted molar refractivity (Wildman–Crippen MR) is 84.0 cm³/mol. The molecule has 2 rings (SSSR count). The summed E-state index contributed by atoms with van der Waals surface area (Å²) in [6.45, 7) is 5.86. The van der Waals surface area contributed by atoms with Gasteiger partial charge in [0.05, 0.1) is 0 Å². The molecule has 0 aliphatic heterocycles. The summed E-state index contributed by atoms with van der Waals surface area (Å²) in [7, 11) is 0. The average Bonchev–Trinajstić information content (AvgIpc) is 2.41. The zero-order valence-corrected chi connectivity index (χ0v) is 13.4. The van der Waals surface area contributed by atoms with Crippen molar-refractivity contribution in [1.29, 1.82) is 0 Å². The molecule has 0 fully saturated rings. The number of nitrogens with zero attached hydrogens (tertiary/aromatic N) is 2. The summed E-state index contributed by atoms with van der Waals surface area (Å²) in [5.41, 5.74) is 8.45. The largest absolute Gasteiger partial charge is 0.327 e. The summed E-state index contributed by atoms with van der Waals surface area (Å²) in [4.78, 5) is 9.63. The summed E-state index contributed by atoms with van der Waals surface area (Å²) in [6.07, 6.45) is 1.34. The molecule has 1 unspecified atom stereocenters. The van der Waals surface area contributed by atoms with E-state index in [1.54, 1.807) is 6.07 Å². The van der Waals surface area contributed by atoms with Crippen molar-refractivity contribution < 1.29 is 4.39 Å². The summed E-state index contributed by atoms with van der Waals surface area (Å²) in [6, 6.07) is 6.96. The van der Waals surface area contributed by atoms with E-state index in [1.165, 1.54) is 17.8 Å². The Bertz CT molecular complexity index is 611. The lowest BCUT2D eigenvalue weighted by Gasteiger charge is -2.13. The first-order valence-corrected chi connectivity index (χ1v) is 7.84. The van der Waals surface area contributed by atoms with Crippen molar-refractivity contribution in [3.8, 4) is 0 Å². The Morgan fingerprint density at radius 1 is 1.24 bits per heavy atom. The molecule has 1 atom stereocenters. The van der Waals surface area contributed by atoms with Crippen molar-refractivity contribution in [3.63, 3.8) is 0 Å². The van der Waals surface area contributed by atoms with Gasteiger partial charge in [-0.3, -0.25) is 0 Å². The predicted octanol–water partition coefficient (Wildman–Crippen LogP) is 3.66. The second kappa shape index (κ2) is 7.00. The van der Waals surface area contributed by atoms with E-state index >= 15 is 0 Å². The Kier molecular flexibility index (Phi) is 5.31. The minimum absolute atomic E-state index is 0.0404. The highest BCUT2D eigenvalue weighted by molar-refractivity contribution is 7.99. The Morgan fingerprint density at radius 3 is 2.52 bits per heavy atom. The third kappa shape index (κ3) is 4.25. The zero-order chi connectivity index (χ0) is 15.4. The van der Waals surface area contributed by atoms with Gasteiger partial charge in [0.2, 0.25) is 0 Å². The van der Waals surface area contributed by atoms with E-state index in [-0.39, 0.29) is 11.9 Å². The van der Waals surface area contributed by atoms with Crippen LogP contribution in [0.4, 0.5) is 4.39 Å². The number of aryl methyl sites for hydroxylation is 2. The van der Waals surface area contributed by atoms with Crippen LogP contribution in [0.1, 0.15) is 30.3 Å². The average molecular weight is 305 g/mol. The first kappa shape index (κ1) is 15.9. The van der Waals surface area contributed by atoms with Gasteiger partial charge in [-0.25, -0.2) is 14.4 Å². The second-order valence-corrected chi connectivity index (χ2v) is 6.13. The van der Waals surface area contributed by atoms with Crippen molar-refractivity contribution in [2.45, 2.75) is 49.7 Å². The minimum atomic E-state index is -0.215. The maximum atomic E-state index is 14.1. The molecular weight excluding hydrogens is 285 g/mol. The molecule has 0 spiro atoms. The molecule has 2 aromatic rings. The molecule has 5 heteroatoms. The Balaban J connectivity index is 2.32. The van der Waals surface area contributed by atoms with Gasteiger partial charge in [-0.05, 0) is 56.7 Å². The molecule has 0 aliphatic rings. The van der Waals surface area contributed by atoms with E-state index in [1.807, 2.05) is 32.9 Å². The number of benzene rings is 1. The second-order valence-electron chi connectivity index (χ2n) is 5.12. The molecule has 1 aromatic carbocycles. The zero-order valence-electron chi connectivity index (χ0n) is 12.6. The summed E-state index contributed by atoms with van der Waals surface area (Å²) in [5.74, 6) is -0.215. The third-order valence-electron chi connectivity index (χ3n) is 3.23. The molecule has 0 saturated heterocycles. The molecule has 1 aromatic heterocycles. The monoisotopic (exact) mass is 305 g/mol. The highest BCUT2D eigenvalue weighted by atomic mass is 32.2. The highest BCUT2D eigenvalue weighted by Gasteiger charge is 2.14. The first-order valence-electron chi connectivity index (χ1n) is 7.02. The van der Waals surface area contributed by atoms with E-state index in [0.29, 0.717) is 17.1 Å². The van der Waals surface area contributed by atoms with Gasteiger partial charge in [0, 0.05) is 27.9 Å². The Hall–Kier alpha value is -1.46. The fourth-order valence-corrected chi connectivity index (χ4v) is 3.10. The van der Waals surface area contributed by atoms with E-state index < -0.39 is 0 Å². The van der Waals surface area contributed by atoms with Crippen LogP contribution in [-0.4, -0.2) is 16.0 Å². The topological polar surface area (TPSA) is 51.8 Å². The Morgan fingerprint density at radius 2 is 1.90 bits per heavy atom. The molecule has 0 amide bonds. The van der Waals surface area contributed by atoms with Crippen LogP contribution < -0.4 is 5.73 Å². The van der Waals surface area contributed by atoms with Gasteiger partial charge in [-0.1, -0.05) is 13.0 Å². The molecule has 3 nitrogen and oxygen atoms in total. The standard InChI is InChI=1S/C16H20FN3S/c1-4-12(18)9-13-14(17)6-5-7-15(13)21-16-19-10(2)8-11(3)20-16/h5-8,12H,4,9,18H2,1-3H3. The third-order valence-corrected chi connectivity index (χ3v) is 4.20. The van der Waals surface area contributed by atoms with Gasteiger partial charge in [0.25, 0.3) is 0 Å². The minimum Gasteiger partial charge on any atom is -0.327 e. The van der Waals surface area contributed by atoms with Gasteiger partial charge < -0.3 is 5.73 Å². The Labute approximate surface area is 129 Å². The van der Waals surface area contributed by atoms with Crippen molar-refractivity contribution >= 4 is 11.8 Å². The molecular formula is C16H20FN3S. The highest BCUT2D eigenvalue weighted by Crippen LogP contribution is 2.30. The van der Waals surface area contributed by atoms with Gasteiger partial charge in [-0.15, -0.1) is 0 Å². The molecule has 2 N–H and O–H groups in total. The number of hydrogen-bond donors (Lipinski definition) is 1. The molecule has 1 heterocycles. The fraction of sp³-hybridized carbons (Fsp3) is 0.375. The van der Waals surface area contributed by atoms with Crippen LogP contribution in [0.2, 0.25) is 0 Å². The lowest BCUT2D eigenvalue weighted by Crippen LogP contribution is -2.22. The normalized spacial score (nSPS) is 12.4. The fourth-order valence-electron chi connectivity index (χ4n) is 2.08. The van der Waals surface area contributed by atoms with Crippen molar-refractivity contribution in [2.24, 2.45) is 5.73 Å². The van der Waals surface area contributed by atoms with Crippen molar-refractivity contribution in [2.75, 3.05) is 0 Å². The summed E-state index contributed by atoms with van der Waals surface area (Å²) < 4.78 is 14.1. The van der Waals surface area contributed by atoms with Crippen LogP contribution in [-0.2, 0) is 6.42 Å². The van der Waals surface area contributed by atoms with Crippen molar-refractivity contribution in [3.05, 3.63) is 47.0 Å². The van der Waals surface area contributed by atoms with Crippen LogP contribution in [0.15, 0.2) is 34.3 Å². The van der Waals surface area contributed by atoms with Gasteiger partial charge >= 0.3 is 0 Å². The van der Waals surface area contributed by atoms with Crippen LogP contribution in [0.5, 0.6) is 0 Å². The number of aromatic nitrogens is 2. The SMILES string of the molecule is CCC(N)Cc1c(F)cccc1Sc1nc(C)cc(C)n1. The van der Waals surface area contributed by atoms with Crippen molar-refractivity contribution in [1.82, 2.24) is 9.97 Å². The van der Waals surface area contributed by atoms with Gasteiger partial charge in [0.15, 0.2) is 5.16 Å². The van der Waals surface area contributed by atoms with E-state index in [2.05, 4.69) is 9.97 Å². The van der Waals surface area contributed by atoms with Crippen LogP contribution in [0.25, 0.3) is 0 Å². The molecule has 0 radical (unpaired) electrons. The van der Waals surface area contributed by atoms with Crippen LogP contribution >= 0.6 is 11.8 Å².